The fourth-order valence-corrected chi connectivity index (χ4v) is 3.51. The summed E-state index contributed by atoms with van der Waals surface area (Å²) >= 11 is 5.97. The third-order valence-corrected chi connectivity index (χ3v) is 4.80. The Balaban J connectivity index is 1.59. The number of rotatable bonds is 4. The lowest BCUT2D eigenvalue weighted by Gasteiger charge is -2.17. The van der Waals surface area contributed by atoms with E-state index in [-0.39, 0.29) is 23.8 Å². The molecule has 0 saturated heterocycles. The number of halogens is 1. The fraction of sp³-hybridized carbons (Fsp3) is 0.500. The van der Waals surface area contributed by atoms with Crippen LogP contribution in [0.5, 0.6) is 0 Å². The monoisotopic (exact) mass is 307 g/mol. The van der Waals surface area contributed by atoms with Crippen LogP contribution in [0.25, 0.3) is 0 Å². The van der Waals surface area contributed by atoms with Gasteiger partial charge in [-0.25, -0.2) is 0 Å². The zero-order valence-corrected chi connectivity index (χ0v) is 12.3. The molecule has 0 bridgehead atoms. The highest BCUT2D eigenvalue weighted by molar-refractivity contribution is 6.30. The highest BCUT2D eigenvalue weighted by Gasteiger charge is 2.45. The van der Waals surface area contributed by atoms with E-state index < -0.39 is 11.9 Å². The molecule has 2 N–H and O–H groups in total. The van der Waals surface area contributed by atoms with Crippen LogP contribution in [-0.2, 0) is 9.59 Å². The van der Waals surface area contributed by atoms with Crippen molar-refractivity contribution in [2.24, 2.45) is 11.8 Å². The Labute approximate surface area is 128 Å². The van der Waals surface area contributed by atoms with E-state index in [2.05, 4.69) is 5.32 Å². The summed E-state index contributed by atoms with van der Waals surface area (Å²) in [7, 11) is 0. The number of benzene rings is 1. The van der Waals surface area contributed by atoms with E-state index in [9.17, 15) is 9.59 Å². The minimum Gasteiger partial charge on any atom is -0.481 e. The largest absolute Gasteiger partial charge is 0.481 e. The van der Waals surface area contributed by atoms with E-state index in [0.717, 1.165) is 24.8 Å². The molecule has 0 heterocycles. The Morgan fingerprint density at radius 3 is 2.76 bits per heavy atom. The van der Waals surface area contributed by atoms with Gasteiger partial charge in [-0.1, -0.05) is 30.2 Å². The second-order valence-electron chi connectivity index (χ2n) is 5.99. The van der Waals surface area contributed by atoms with E-state index in [1.807, 2.05) is 24.3 Å². The summed E-state index contributed by atoms with van der Waals surface area (Å²) in [6, 6.07) is 7.38. The van der Waals surface area contributed by atoms with Crippen LogP contribution in [-0.4, -0.2) is 23.0 Å². The molecular weight excluding hydrogens is 290 g/mol. The maximum absolute atomic E-state index is 12.3. The van der Waals surface area contributed by atoms with Crippen molar-refractivity contribution in [1.29, 1.82) is 0 Å². The maximum Gasteiger partial charge on any atom is 0.308 e. The second kappa shape index (κ2) is 5.68. The molecule has 2 fully saturated rings. The highest BCUT2D eigenvalue weighted by Crippen LogP contribution is 2.48. The Hall–Kier alpha value is -1.55. The van der Waals surface area contributed by atoms with Crippen molar-refractivity contribution in [2.45, 2.75) is 37.6 Å². The average Bonchev–Trinajstić information content (AvgIpc) is 3.11. The van der Waals surface area contributed by atoms with Crippen molar-refractivity contribution in [1.82, 2.24) is 5.32 Å². The van der Waals surface area contributed by atoms with Crippen molar-refractivity contribution in [3.63, 3.8) is 0 Å². The van der Waals surface area contributed by atoms with Gasteiger partial charge in [0, 0.05) is 17.0 Å². The van der Waals surface area contributed by atoms with Gasteiger partial charge in [-0.2, -0.15) is 0 Å². The number of aliphatic carboxylic acids is 1. The number of hydrogen-bond donors (Lipinski definition) is 2. The van der Waals surface area contributed by atoms with Crippen molar-refractivity contribution in [2.75, 3.05) is 0 Å². The van der Waals surface area contributed by atoms with Crippen LogP contribution in [0.15, 0.2) is 24.3 Å². The van der Waals surface area contributed by atoms with Gasteiger partial charge in [-0.15, -0.1) is 0 Å². The van der Waals surface area contributed by atoms with E-state index in [1.54, 1.807) is 0 Å². The number of carbonyl (C=O) groups excluding carboxylic acids is 1. The SMILES string of the molecule is O=C(O)[C@@H]1CCC[C@@H]1NC(=O)[C@@H]1C[C@H]1c1cccc(Cl)c1. The van der Waals surface area contributed by atoms with Gasteiger partial charge in [0.25, 0.3) is 0 Å². The highest BCUT2D eigenvalue weighted by atomic mass is 35.5. The Kier molecular flexibility index (Phi) is 3.89. The number of carboxylic acid groups (broad SMARTS) is 1. The summed E-state index contributed by atoms with van der Waals surface area (Å²) in [5.74, 6) is -1.08. The normalized spacial score (nSPS) is 30.9. The van der Waals surface area contributed by atoms with Gasteiger partial charge in [0.05, 0.1) is 5.92 Å². The lowest BCUT2D eigenvalue weighted by Crippen LogP contribution is -2.41. The first kappa shape index (κ1) is 14.4. The molecule has 3 rings (SSSR count). The Bertz CT molecular complexity index is 574. The molecular formula is C16H18ClNO3. The van der Waals surface area contributed by atoms with Gasteiger partial charge in [0.2, 0.25) is 5.91 Å². The molecule has 1 aromatic carbocycles. The van der Waals surface area contributed by atoms with Gasteiger partial charge < -0.3 is 10.4 Å². The van der Waals surface area contributed by atoms with Crippen molar-refractivity contribution < 1.29 is 14.7 Å². The number of nitrogens with one attached hydrogen (secondary N) is 1. The number of carboxylic acids is 1. The number of carbonyl (C=O) groups is 2. The summed E-state index contributed by atoms with van der Waals surface area (Å²) in [6.45, 7) is 0. The van der Waals surface area contributed by atoms with Crippen molar-refractivity contribution in [3.05, 3.63) is 34.9 Å². The first-order valence-electron chi connectivity index (χ1n) is 7.35. The average molecular weight is 308 g/mol. The molecule has 0 radical (unpaired) electrons. The van der Waals surface area contributed by atoms with Crippen LogP contribution in [0, 0.1) is 11.8 Å². The summed E-state index contributed by atoms with van der Waals surface area (Å²) in [6.07, 6.45) is 3.10. The lowest BCUT2D eigenvalue weighted by atomic mass is 10.0. The first-order chi connectivity index (χ1) is 10.1. The van der Waals surface area contributed by atoms with Gasteiger partial charge in [-0.05, 0) is 42.9 Å². The van der Waals surface area contributed by atoms with E-state index >= 15 is 0 Å². The molecule has 0 unspecified atom stereocenters. The smallest absolute Gasteiger partial charge is 0.308 e. The molecule has 2 saturated carbocycles. The van der Waals surface area contributed by atoms with Gasteiger partial charge in [-0.3, -0.25) is 9.59 Å². The molecule has 0 aliphatic heterocycles. The Morgan fingerprint density at radius 1 is 1.24 bits per heavy atom. The fourth-order valence-electron chi connectivity index (χ4n) is 3.31. The van der Waals surface area contributed by atoms with E-state index in [1.165, 1.54) is 0 Å². The predicted molar refractivity (Wildman–Crippen MR) is 79.2 cm³/mol. The summed E-state index contributed by atoms with van der Waals surface area (Å²) in [5, 5.41) is 12.8. The molecule has 0 spiro atoms. The van der Waals surface area contributed by atoms with Crippen LogP contribution < -0.4 is 5.32 Å². The topological polar surface area (TPSA) is 66.4 Å². The zero-order chi connectivity index (χ0) is 15.0. The van der Waals surface area contributed by atoms with Crippen molar-refractivity contribution >= 4 is 23.5 Å². The third-order valence-electron chi connectivity index (χ3n) is 4.56. The van der Waals surface area contributed by atoms with Gasteiger partial charge in [0.1, 0.15) is 0 Å². The van der Waals surface area contributed by atoms with Crippen LogP contribution in [0.4, 0.5) is 0 Å². The summed E-state index contributed by atoms with van der Waals surface area (Å²) in [5.41, 5.74) is 1.09. The first-order valence-corrected chi connectivity index (χ1v) is 7.72. The molecule has 4 nitrogen and oxygen atoms in total. The summed E-state index contributed by atoms with van der Waals surface area (Å²) in [4.78, 5) is 23.4. The molecule has 21 heavy (non-hydrogen) atoms. The Morgan fingerprint density at radius 2 is 2.05 bits per heavy atom. The molecule has 1 amide bonds. The van der Waals surface area contributed by atoms with Crippen LogP contribution in [0.3, 0.4) is 0 Å². The second-order valence-corrected chi connectivity index (χ2v) is 6.43. The van der Waals surface area contributed by atoms with Crippen LogP contribution >= 0.6 is 11.6 Å². The molecule has 2 aliphatic carbocycles. The molecule has 5 heteroatoms. The standard InChI is InChI=1S/C16H18ClNO3/c17-10-4-1-3-9(7-10)12-8-13(12)15(19)18-14-6-2-5-11(14)16(20)21/h1,3-4,7,11-14H,2,5-6,8H2,(H,18,19)(H,20,21)/t11-,12+,13-,14+/m1/s1. The van der Waals surface area contributed by atoms with Gasteiger partial charge >= 0.3 is 5.97 Å². The molecule has 2 aliphatic rings. The predicted octanol–water partition coefficient (Wildman–Crippen LogP) is 2.81. The number of hydrogen-bond acceptors (Lipinski definition) is 2. The quantitative estimate of drug-likeness (QED) is 0.899. The third kappa shape index (κ3) is 3.05. The minimum atomic E-state index is -0.806. The van der Waals surface area contributed by atoms with Crippen LogP contribution in [0.2, 0.25) is 5.02 Å². The van der Waals surface area contributed by atoms with Crippen molar-refractivity contribution in [3.8, 4) is 0 Å². The molecule has 1 aromatic rings. The molecule has 112 valence electrons. The van der Waals surface area contributed by atoms with Gasteiger partial charge in [0.15, 0.2) is 0 Å². The summed E-state index contributed by atoms with van der Waals surface area (Å²) < 4.78 is 0. The van der Waals surface area contributed by atoms with E-state index in [0.29, 0.717) is 11.4 Å². The minimum absolute atomic E-state index is 0.0156. The molecule has 4 atom stereocenters. The molecule has 0 aromatic heterocycles. The van der Waals surface area contributed by atoms with Crippen LogP contribution in [0.1, 0.15) is 37.2 Å². The lowest BCUT2D eigenvalue weighted by molar-refractivity contribution is -0.142. The maximum atomic E-state index is 12.3. The zero-order valence-electron chi connectivity index (χ0n) is 11.6. The number of amides is 1. The van der Waals surface area contributed by atoms with E-state index in [4.69, 9.17) is 16.7 Å².